The van der Waals surface area contributed by atoms with Crippen LogP contribution in [0.1, 0.15) is 0 Å². The Bertz CT molecular complexity index is 501. The number of hydrogen-bond donors (Lipinski definition) is 1. The van der Waals surface area contributed by atoms with Gasteiger partial charge in [0, 0.05) is 11.5 Å². The molecule has 0 aliphatic rings. The number of nitrogens with zero attached hydrogens (tertiary/aromatic N) is 1. The minimum atomic E-state index is -3.68. The highest BCUT2D eigenvalue weighted by Crippen LogP contribution is 2.23. The first kappa shape index (κ1) is 13.1. The predicted molar refractivity (Wildman–Crippen MR) is 63.2 cm³/mol. The highest BCUT2D eigenvalue weighted by atomic mass is 79.9. The van der Waals surface area contributed by atoms with Crippen molar-refractivity contribution >= 4 is 31.9 Å². The van der Waals surface area contributed by atoms with Gasteiger partial charge in [-0.15, -0.1) is 0 Å². The van der Waals surface area contributed by atoms with Crippen molar-refractivity contribution < 1.29 is 13.2 Å². The van der Waals surface area contributed by atoms with E-state index >= 15 is 0 Å². The molecule has 1 aromatic rings. The summed E-state index contributed by atoms with van der Waals surface area (Å²) in [5.74, 6) is -0.696. The molecule has 0 atom stereocenters. The topological polar surface area (TPSA) is 80.5 Å². The van der Waals surface area contributed by atoms with Gasteiger partial charge < -0.3 is 5.73 Å². The first-order chi connectivity index (χ1) is 7.35. The summed E-state index contributed by atoms with van der Waals surface area (Å²) in [5, 5.41) is 0. The number of likely N-dealkylation sites (N-methyl/N-ethyl adjacent to an activating group) is 1. The van der Waals surface area contributed by atoms with E-state index < -0.39 is 15.9 Å². The molecular formula is C9H11BrN2O3S. The molecule has 0 aliphatic carbocycles. The summed E-state index contributed by atoms with van der Waals surface area (Å²) in [7, 11) is -2.37. The van der Waals surface area contributed by atoms with Crippen LogP contribution in [0.2, 0.25) is 0 Å². The van der Waals surface area contributed by atoms with Gasteiger partial charge in [0.2, 0.25) is 15.9 Å². The summed E-state index contributed by atoms with van der Waals surface area (Å²) in [6.45, 7) is -0.344. The maximum absolute atomic E-state index is 12.0. The predicted octanol–water partition coefficient (Wildman–Crippen LogP) is 0.555. The Labute approximate surface area is 102 Å². The molecule has 0 aliphatic heterocycles. The molecule has 0 spiro atoms. The van der Waals surface area contributed by atoms with E-state index in [9.17, 15) is 13.2 Å². The van der Waals surface area contributed by atoms with Crippen LogP contribution in [-0.2, 0) is 14.8 Å². The largest absolute Gasteiger partial charge is 0.369 e. The van der Waals surface area contributed by atoms with E-state index in [0.29, 0.717) is 4.47 Å². The SMILES string of the molecule is CN(CC(N)=O)S(=O)(=O)c1ccccc1Br. The molecule has 1 amide bonds. The maximum Gasteiger partial charge on any atom is 0.244 e. The average molecular weight is 307 g/mol. The van der Waals surface area contributed by atoms with Gasteiger partial charge in [-0.3, -0.25) is 4.79 Å². The maximum atomic E-state index is 12.0. The molecule has 1 aromatic carbocycles. The fourth-order valence-corrected chi connectivity index (χ4v) is 3.22. The number of nitrogens with two attached hydrogens (primary N) is 1. The smallest absolute Gasteiger partial charge is 0.244 e. The third-order valence-corrected chi connectivity index (χ3v) is 4.72. The standard InChI is InChI=1S/C9H11BrN2O3S/c1-12(6-9(11)13)16(14,15)8-5-3-2-4-7(8)10/h2-5H,6H2,1H3,(H2,11,13). The fourth-order valence-electron chi connectivity index (χ4n) is 1.13. The van der Waals surface area contributed by atoms with Gasteiger partial charge in [0.15, 0.2) is 0 Å². The van der Waals surface area contributed by atoms with Gasteiger partial charge in [-0.05, 0) is 28.1 Å². The lowest BCUT2D eigenvalue weighted by atomic mass is 10.4. The second kappa shape index (κ2) is 4.94. The van der Waals surface area contributed by atoms with Crippen molar-refractivity contribution in [3.8, 4) is 0 Å². The van der Waals surface area contributed by atoms with Crippen LogP contribution < -0.4 is 5.73 Å². The summed E-state index contributed by atoms with van der Waals surface area (Å²) in [6, 6.07) is 6.38. The lowest BCUT2D eigenvalue weighted by Crippen LogP contribution is -2.35. The van der Waals surface area contributed by atoms with Crippen LogP contribution in [0.4, 0.5) is 0 Å². The number of carbonyl (C=O) groups excluding carboxylic acids is 1. The van der Waals surface area contributed by atoms with Crippen LogP contribution in [0, 0.1) is 0 Å². The van der Waals surface area contributed by atoms with Crippen LogP contribution in [0.25, 0.3) is 0 Å². The summed E-state index contributed by atoms with van der Waals surface area (Å²) in [6.07, 6.45) is 0. The van der Waals surface area contributed by atoms with Crippen molar-refractivity contribution in [2.24, 2.45) is 5.73 Å². The van der Waals surface area contributed by atoms with Crippen molar-refractivity contribution in [2.45, 2.75) is 4.90 Å². The number of halogens is 1. The molecule has 1 rings (SSSR count). The molecule has 0 saturated heterocycles. The van der Waals surface area contributed by atoms with Crippen molar-refractivity contribution in [1.29, 1.82) is 0 Å². The molecule has 0 radical (unpaired) electrons. The van der Waals surface area contributed by atoms with E-state index in [1.165, 1.54) is 13.1 Å². The number of amides is 1. The molecule has 5 nitrogen and oxygen atoms in total. The molecule has 0 saturated carbocycles. The molecule has 88 valence electrons. The Morgan fingerprint density at radius 3 is 2.50 bits per heavy atom. The minimum absolute atomic E-state index is 0.110. The normalized spacial score (nSPS) is 11.7. The first-order valence-electron chi connectivity index (χ1n) is 4.35. The van der Waals surface area contributed by atoms with Crippen LogP contribution in [0.5, 0.6) is 0 Å². The van der Waals surface area contributed by atoms with Gasteiger partial charge in [0.1, 0.15) is 0 Å². The van der Waals surface area contributed by atoms with E-state index in [-0.39, 0.29) is 11.4 Å². The monoisotopic (exact) mass is 306 g/mol. The van der Waals surface area contributed by atoms with E-state index in [1.54, 1.807) is 18.2 Å². The lowest BCUT2D eigenvalue weighted by molar-refractivity contribution is -0.118. The number of benzene rings is 1. The number of primary amides is 1. The second-order valence-corrected chi connectivity index (χ2v) is 6.03. The summed E-state index contributed by atoms with van der Waals surface area (Å²) in [5.41, 5.74) is 4.95. The zero-order chi connectivity index (χ0) is 12.3. The zero-order valence-corrected chi connectivity index (χ0v) is 11.0. The van der Waals surface area contributed by atoms with Gasteiger partial charge in [-0.1, -0.05) is 12.1 Å². The Morgan fingerprint density at radius 1 is 1.44 bits per heavy atom. The Morgan fingerprint density at radius 2 is 2.00 bits per heavy atom. The number of rotatable bonds is 4. The molecule has 7 heteroatoms. The minimum Gasteiger partial charge on any atom is -0.369 e. The molecule has 0 bridgehead atoms. The van der Waals surface area contributed by atoms with Gasteiger partial charge in [0.25, 0.3) is 0 Å². The van der Waals surface area contributed by atoms with Crippen LogP contribution in [0.15, 0.2) is 33.6 Å². The Kier molecular flexibility index (Phi) is 4.06. The summed E-state index contributed by atoms with van der Waals surface area (Å²) in [4.78, 5) is 10.8. The molecule has 0 heterocycles. The van der Waals surface area contributed by atoms with Gasteiger partial charge in [-0.25, -0.2) is 8.42 Å². The second-order valence-electron chi connectivity index (χ2n) is 3.16. The molecular weight excluding hydrogens is 296 g/mol. The third kappa shape index (κ3) is 2.81. The van der Waals surface area contributed by atoms with Gasteiger partial charge in [-0.2, -0.15) is 4.31 Å². The van der Waals surface area contributed by atoms with Crippen molar-refractivity contribution in [3.05, 3.63) is 28.7 Å². The zero-order valence-electron chi connectivity index (χ0n) is 8.55. The lowest BCUT2D eigenvalue weighted by Gasteiger charge is -2.16. The Hall–Kier alpha value is -0.920. The van der Waals surface area contributed by atoms with E-state index in [4.69, 9.17) is 5.73 Å². The van der Waals surface area contributed by atoms with Crippen molar-refractivity contribution in [1.82, 2.24) is 4.31 Å². The highest BCUT2D eigenvalue weighted by Gasteiger charge is 2.23. The highest BCUT2D eigenvalue weighted by molar-refractivity contribution is 9.10. The molecule has 16 heavy (non-hydrogen) atoms. The summed E-state index contributed by atoms with van der Waals surface area (Å²) >= 11 is 3.14. The average Bonchev–Trinajstić information content (AvgIpc) is 2.16. The van der Waals surface area contributed by atoms with E-state index in [1.807, 2.05) is 0 Å². The van der Waals surface area contributed by atoms with Gasteiger partial charge in [0.05, 0.1) is 11.4 Å². The van der Waals surface area contributed by atoms with Crippen LogP contribution in [-0.4, -0.2) is 32.2 Å². The van der Waals surface area contributed by atoms with Gasteiger partial charge >= 0.3 is 0 Å². The summed E-state index contributed by atoms with van der Waals surface area (Å²) < 4.78 is 25.3. The molecule has 0 unspecified atom stereocenters. The molecule has 0 fully saturated rings. The molecule has 2 N–H and O–H groups in total. The number of sulfonamides is 1. The van der Waals surface area contributed by atoms with Crippen LogP contribution in [0.3, 0.4) is 0 Å². The van der Waals surface area contributed by atoms with Crippen LogP contribution >= 0.6 is 15.9 Å². The Balaban J connectivity index is 3.12. The quantitative estimate of drug-likeness (QED) is 0.882. The molecule has 0 aromatic heterocycles. The van der Waals surface area contributed by atoms with Crippen molar-refractivity contribution in [3.63, 3.8) is 0 Å². The fraction of sp³-hybridized carbons (Fsp3) is 0.222. The van der Waals surface area contributed by atoms with E-state index in [2.05, 4.69) is 15.9 Å². The first-order valence-corrected chi connectivity index (χ1v) is 6.58. The van der Waals surface area contributed by atoms with Crippen molar-refractivity contribution in [2.75, 3.05) is 13.6 Å². The number of carbonyl (C=O) groups is 1. The number of hydrogen-bond acceptors (Lipinski definition) is 3. The van der Waals surface area contributed by atoms with E-state index in [0.717, 1.165) is 4.31 Å². The third-order valence-electron chi connectivity index (χ3n) is 1.90.